The Kier molecular flexibility index (Phi) is 7.14. The molecule has 1 spiro atoms. The zero-order chi connectivity index (χ0) is 31.6. The molecule has 0 unspecified atom stereocenters. The number of halogens is 3. The van der Waals surface area contributed by atoms with Crippen LogP contribution in [0.1, 0.15) is 39.0 Å². The van der Waals surface area contributed by atoms with E-state index < -0.39 is 17.5 Å². The van der Waals surface area contributed by atoms with Crippen molar-refractivity contribution in [3.8, 4) is 17.3 Å². The van der Waals surface area contributed by atoms with Gasteiger partial charge in [0.15, 0.2) is 5.82 Å². The van der Waals surface area contributed by atoms with Crippen molar-refractivity contribution in [1.29, 1.82) is 0 Å². The van der Waals surface area contributed by atoms with E-state index in [1.165, 1.54) is 0 Å². The molecule has 11 heteroatoms. The molecule has 3 saturated heterocycles. The van der Waals surface area contributed by atoms with E-state index in [4.69, 9.17) is 21.3 Å². The molecule has 8 nitrogen and oxygen atoms in total. The van der Waals surface area contributed by atoms with Gasteiger partial charge >= 0.3 is 6.01 Å². The standard InChI is InChI=1S/C35H35ClF2N6O2/c1-2-6-27(45)42-15-16-44(34(20-42)12-13-34)32-25-18-39-30(24-9-3-7-22-8-4-10-26(36)28(22)24)29(38)31(25)40-33(41-32)46-21-35-11-5-14-43(35)19-23(37)17-35/h2-4,6-10,18,23H,5,11-17,19-21H2,1H3/b6-2+/t23-,35+/m1/s1. The molecule has 2 aromatic carbocycles. The van der Waals surface area contributed by atoms with E-state index >= 15 is 4.39 Å². The maximum absolute atomic E-state index is 16.8. The lowest BCUT2D eigenvalue weighted by Gasteiger charge is -2.43. The summed E-state index contributed by atoms with van der Waals surface area (Å²) in [5.74, 6) is -0.0604. The fourth-order valence-electron chi connectivity index (χ4n) is 7.94. The number of fused-ring (bicyclic) bond motifs is 3. The summed E-state index contributed by atoms with van der Waals surface area (Å²) in [6.07, 6.45) is 8.08. The molecule has 4 aromatic rings. The number of carbonyl (C=O) groups is 1. The van der Waals surface area contributed by atoms with Gasteiger partial charge in [-0.15, -0.1) is 0 Å². The predicted octanol–water partition coefficient (Wildman–Crippen LogP) is 6.35. The van der Waals surface area contributed by atoms with Gasteiger partial charge in [0, 0.05) is 54.8 Å². The van der Waals surface area contributed by atoms with Crippen molar-refractivity contribution in [1.82, 2.24) is 24.8 Å². The van der Waals surface area contributed by atoms with Crippen LogP contribution < -0.4 is 9.64 Å². The van der Waals surface area contributed by atoms with Crippen LogP contribution >= 0.6 is 11.6 Å². The highest BCUT2D eigenvalue weighted by Gasteiger charge is 2.53. The summed E-state index contributed by atoms with van der Waals surface area (Å²) in [5.41, 5.74) is 0.102. The first-order chi connectivity index (χ1) is 22.3. The zero-order valence-electron chi connectivity index (χ0n) is 25.7. The van der Waals surface area contributed by atoms with E-state index in [9.17, 15) is 9.18 Å². The molecule has 238 valence electrons. The molecule has 1 saturated carbocycles. The highest BCUT2D eigenvalue weighted by molar-refractivity contribution is 6.36. The van der Waals surface area contributed by atoms with Crippen LogP contribution in [0.2, 0.25) is 5.02 Å². The van der Waals surface area contributed by atoms with Gasteiger partial charge in [-0.3, -0.25) is 14.7 Å². The Bertz CT molecular complexity index is 1900. The summed E-state index contributed by atoms with van der Waals surface area (Å²) >= 11 is 6.62. The summed E-state index contributed by atoms with van der Waals surface area (Å²) in [4.78, 5) is 33.2. The lowest BCUT2D eigenvalue weighted by Crippen LogP contribution is -2.56. The van der Waals surface area contributed by atoms with E-state index in [-0.39, 0.29) is 35.3 Å². The largest absolute Gasteiger partial charge is 0.461 e. The molecule has 5 heterocycles. The van der Waals surface area contributed by atoms with E-state index in [1.54, 1.807) is 24.4 Å². The minimum Gasteiger partial charge on any atom is -0.461 e. The summed E-state index contributed by atoms with van der Waals surface area (Å²) in [5, 5.41) is 2.57. The highest BCUT2D eigenvalue weighted by atomic mass is 35.5. The van der Waals surface area contributed by atoms with Crippen LogP contribution in [-0.4, -0.2) is 87.2 Å². The molecule has 0 bridgehead atoms. The maximum Gasteiger partial charge on any atom is 0.319 e. The molecule has 3 aliphatic heterocycles. The Labute approximate surface area is 271 Å². The average Bonchev–Trinajstić information content (AvgIpc) is 3.58. The predicted molar refractivity (Wildman–Crippen MR) is 174 cm³/mol. The number of allylic oxidation sites excluding steroid dienone is 1. The fourth-order valence-corrected chi connectivity index (χ4v) is 8.22. The number of ether oxygens (including phenoxy) is 1. The van der Waals surface area contributed by atoms with Crippen molar-refractivity contribution in [3.63, 3.8) is 0 Å². The number of nitrogens with zero attached hydrogens (tertiary/aromatic N) is 6. The minimum absolute atomic E-state index is 0.0146. The summed E-state index contributed by atoms with van der Waals surface area (Å²) in [7, 11) is 0. The van der Waals surface area contributed by atoms with Crippen LogP contribution in [0.5, 0.6) is 6.01 Å². The number of hydrogen-bond acceptors (Lipinski definition) is 7. The van der Waals surface area contributed by atoms with Crippen molar-refractivity contribution >= 4 is 45.0 Å². The van der Waals surface area contributed by atoms with Gasteiger partial charge in [-0.1, -0.05) is 48.0 Å². The second-order valence-electron chi connectivity index (χ2n) is 13.2. The highest BCUT2D eigenvalue weighted by Crippen LogP contribution is 2.48. The zero-order valence-corrected chi connectivity index (χ0v) is 26.4. The number of carbonyl (C=O) groups excluding carboxylic acids is 1. The van der Waals surface area contributed by atoms with Gasteiger partial charge < -0.3 is 14.5 Å². The Hall–Kier alpha value is -3.89. The molecule has 0 radical (unpaired) electrons. The first kappa shape index (κ1) is 29.5. The van der Waals surface area contributed by atoms with E-state index in [1.807, 2.05) is 42.2 Å². The number of amides is 1. The number of alkyl halides is 1. The van der Waals surface area contributed by atoms with Gasteiger partial charge in [-0.05, 0) is 56.7 Å². The lowest BCUT2D eigenvalue weighted by atomic mass is 9.95. The molecular weight excluding hydrogens is 610 g/mol. The average molecular weight is 645 g/mol. The third kappa shape index (κ3) is 4.80. The lowest BCUT2D eigenvalue weighted by molar-refractivity contribution is -0.127. The third-order valence-corrected chi connectivity index (χ3v) is 10.7. The molecular formula is C35H35ClF2N6O2. The minimum atomic E-state index is -0.896. The van der Waals surface area contributed by atoms with Crippen molar-refractivity contribution in [2.24, 2.45) is 0 Å². The Balaban J connectivity index is 1.24. The number of hydrogen-bond donors (Lipinski definition) is 0. The fraction of sp³-hybridized carbons (Fsp3) is 0.429. The van der Waals surface area contributed by atoms with Crippen LogP contribution in [-0.2, 0) is 4.79 Å². The first-order valence-corrected chi connectivity index (χ1v) is 16.4. The van der Waals surface area contributed by atoms with Gasteiger partial charge in [-0.25, -0.2) is 8.78 Å². The monoisotopic (exact) mass is 644 g/mol. The van der Waals surface area contributed by atoms with Crippen molar-refractivity contribution < 1.29 is 18.3 Å². The number of aromatic nitrogens is 3. The molecule has 46 heavy (non-hydrogen) atoms. The van der Waals surface area contributed by atoms with Gasteiger partial charge in [0.25, 0.3) is 0 Å². The van der Waals surface area contributed by atoms with Crippen molar-refractivity contribution in [2.45, 2.75) is 56.3 Å². The van der Waals surface area contributed by atoms with E-state index in [0.29, 0.717) is 59.8 Å². The SMILES string of the molecule is C/C=C/C(=O)N1CCN(c2nc(OC[C@@]34CCCN3C[C@H](F)C4)nc3c(F)c(-c4cccc5cccc(Cl)c45)ncc23)C2(CC2)C1. The van der Waals surface area contributed by atoms with Gasteiger partial charge in [0.1, 0.15) is 29.8 Å². The molecule has 1 aliphatic carbocycles. The summed E-state index contributed by atoms with van der Waals surface area (Å²) in [6, 6.07) is 11.2. The smallest absolute Gasteiger partial charge is 0.319 e. The Morgan fingerprint density at radius 3 is 2.76 bits per heavy atom. The number of piperazine rings is 1. The van der Waals surface area contributed by atoms with Gasteiger partial charge in [-0.2, -0.15) is 9.97 Å². The van der Waals surface area contributed by atoms with Crippen LogP contribution in [0.4, 0.5) is 14.6 Å². The Morgan fingerprint density at radius 1 is 1.13 bits per heavy atom. The van der Waals surface area contributed by atoms with Crippen molar-refractivity contribution in [3.05, 3.63) is 65.6 Å². The third-order valence-electron chi connectivity index (χ3n) is 10.3. The van der Waals surface area contributed by atoms with Crippen molar-refractivity contribution in [2.75, 3.05) is 44.2 Å². The number of benzene rings is 2. The summed E-state index contributed by atoms with van der Waals surface area (Å²) in [6.45, 7) is 4.89. The second-order valence-corrected chi connectivity index (χ2v) is 13.6. The quantitative estimate of drug-likeness (QED) is 0.227. The van der Waals surface area contributed by atoms with E-state index in [0.717, 1.165) is 37.6 Å². The molecule has 2 atom stereocenters. The first-order valence-electron chi connectivity index (χ1n) is 16.1. The molecule has 0 N–H and O–H groups in total. The molecule has 2 aromatic heterocycles. The van der Waals surface area contributed by atoms with Crippen LogP contribution in [0.15, 0.2) is 54.7 Å². The molecule has 1 amide bonds. The topological polar surface area (TPSA) is 74.7 Å². The van der Waals surface area contributed by atoms with Crippen LogP contribution in [0.25, 0.3) is 32.9 Å². The van der Waals surface area contributed by atoms with Crippen LogP contribution in [0, 0.1) is 5.82 Å². The summed E-state index contributed by atoms with van der Waals surface area (Å²) < 4.78 is 37.7. The molecule has 4 fully saturated rings. The second kappa shape index (κ2) is 11.1. The Morgan fingerprint density at radius 2 is 1.96 bits per heavy atom. The van der Waals surface area contributed by atoms with E-state index in [2.05, 4.69) is 19.8 Å². The van der Waals surface area contributed by atoms with Crippen LogP contribution in [0.3, 0.4) is 0 Å². The number of pyridine rings is 1. The van der Waals surface area contributed by atoms with Gasteiger partial charge in [0.05, 0.1) is 16.5 Å². The molecule has 8 rings (SSSR count). The maximum atomic E-state index is 16.8. The number of anilines is 1. The normalized spacial score (nSPS) is 24.0. The number of rotatable bonds is 6. The van der Waals surface area contributed by atoms with Gasteiger partial charge in [0.2, 0.25) is 5.91 Å². The molecule has 4 aliphatic rings.